The molecule has 3 aromatic carbocycles. The van der Waals surface area contributed by atoms with E-state index in [4.69, 9.17) is 16.3 Å². The van der Waals surface area contributed by atoms with Gasteiger partial charge in [0.05, 0.1) is 18.0 Å². The SMILES string of the molecule is CCCCOc1ccc(C(=O)N2c3ccccc3Sc3ccc(Cl)cc32)cc1. The number of hydrogen-bond acceptors (Lipinski definition) is 3. The smallest absolute Gasteiger partial charge is 0.262 e. The minimum absolute atomic E-state index is 0.0867. The molecule has 0 unspecified atom stereocenters. The first kappa shape index (κ1) is 18.9. The van der Waals surface area contributed by atoms with E-state index in [0.717, 1.165) is 39.8 Å². The molecule has 0 bridgehead atoms. The second kappa shape index (κ2) is 8.29. The van der Waals surface area contributed by atoms with Crippen LogP contribution in [0, 0.1) is 0 Å². The highest BCUT2D eigenvalue weighted by molar-refractivity contribution is 7.99. The fourth-order valence-corrected chi connectivity index (χ4v) is 4.31. The van der Waals surface area contributed by atoms with Crippen molar-refractivity contribution in [1.82, 2.24) is 0 Å². The molecule has 0 saturated carbocycles. The lowest BCUT2D eigenvalue weighted by Crippen LogP contribution is -2.28. The Morgan fingerprint density at radius 2 is 1.75 bits per heavy atom. The lowest BCUT2D eigenvalue weighted by Gasteiger charge is -2.31. The van der Waals surface area contributed by atoms with Crippen LogP contribution < -0.4 is 9.64 Å². The van der Waals surface area contributed by atoms with Gasteiger partial charge in [-0.15, -0.1) is 0 Å². The van der Waals surface area contributed by atoms with Crippen molar-refractivity contribution in [1.29, 1.82) is 0 Å². The Kier molecular flexibility index (Phi) is 5.60. The Labute approximate surface area is 174 Å². The van der Waals surface area contributed by atoms with Crippen LogP contribution in [0.25, 0.3) is 0 Å². The van der Waals surface area contributed by atoms with Crippen LogP contribution in [0.2, 0.25) is 5.02 Å². The summed E-state index contributed by atoms with van der Waals surface area (Å²) >= 11 is 7.89. The number of nitrogens with zero attached hydrogens (tertiary/aromatic N) is 1. The number of carbonyl (C=O) groups excluding carboxylic acids is 1. The first-order valence-corrected chi connectivity index (χ1v) is 10.5. The molecule has 0 spiro atoms. The lowest BCUT2D eigenvalue weighted by molar-refractivity contribution is 0.0998. The molecule has 0 saturated heterocycles. The Bertz CT molecular complexity index is 1000. The number of benzene rings is 3. The third-order valence-corrected chi connectivity index (χ3v) is 5.92. The topological polar surface area (TPSA) is 29.5 Å². The maximum Gasteiger partial charge on any atom is 0.262 e. The van der Waals surface area contributed by atoms with Gasteiger partial charge in [-0.05, 0) is 61.0 Å². The van der Waals surface area contributed by atoms with Crippen LogP contribution in [-0.4, -0.2) is 12.5 Å². The predicted molar refractivity (Wildman–Crippen MR) is 115 cm³/mol. The van der Waals surface area contributed by atoms with Crippen LogP contribution in [0.5, 0.6) is 5.75 Å². The molecule has 1 amide bonds. The molecule has 1 heterocycles. The van der Waals surface area contributed by atoms with Crippen molar-refractivity contribution in [3.63, 3.8) is 0 Å². The zero-order chi connectivity index (χ0) is 19.5. The van der Waals surface area contributed by atoms with Crippen LogP contribution in [-0.2, 0) is 0 Å². The zero-order valence-electron chi connectivity index (χ0n) is 15.5. The van der Waals surface area contributed by atoms with E-state index in [0.29, 0.717) is 17.2 Å². The summed E-state index contributed by atoms with van der Waals surface area (Å²) in [6.45, 7) is 2.82. The van der Waals surface area contributed by atoms with Gasteiger partial charge < -0.3 is 4.74 Å². The van der Waals surface area contributed by atoms with Gasteiger partial charge in [0.15, 0.2) is 0 Å². The molecule has 0 fully saturated rings. The molecule has 5 heteroatoms. The quantitative estimate of drug-likeness (QED) is 0.426. The van der Waals surface area contributed by atoms with Gasteiger partial charge in [0.25, 0.3) is 5.91 Å². The molecule has 0 aromatic heterocycles. The van der Waals surface area contributed by atoms with Gasteiger partial charge in [0, 0.05) is 20.4 Å². The van der Waals surface area contributed by atoms with Crippen molar-refractivity contribution in [2.24, 2.45) is 0 Å². The standard InChI is InChI=1S/C23H20ClNO2S/c1-2-3-14-27-18-11-8-16(9-12-18)23(26)25-19-6-4-5-7-21(19)28-22-13-10-17(24)15-20(22)25/h4-13,15H,2-3,14H2,1H3. The number of halogens is 1. The van der Waals surface area contributed by atoms with Crippen LogP contribution in [0.3, 0.4) is 0 Å². The fraction of sp³-hybridized carbons (Fsp3) is 0.174. The minimum atomic E-state index is -0.0867. The summed E-state index contributed by atoms with van der Waals surface area (Å²) in [4.78, 5) is 17.2. The Balaban J connectivity index is 1.68. The summed E-state index contributed by atoms with van der Waals surface area (Å²) in [6, 6.07) is 20.9. The molecular weight excluding hydrogens is 390 g/mol. The molecule has 0 N–H and O–H groups in total. The molecule has 3 nitrogen and oxygen atoms in total. The van der Waals surface area contributed by atoms with Crippen molar-refractivity contribution >= 4 is 40.6 Å². The minimum Gasteiger partial charge on any atom is -0.494 e. The zero-order valence-corrected chi connectivity index (χ0v) is 17.1. The molecule has 3 aromatic rings. The largest absolute Gasteiger partial charge is 0.494 e. The molecule has 0 radical (unpaired) electrons. The molecule has 1 aliphatic rings. The van der Waals surface area contributed by atoms with Crippen molar-refractivity contribution in [3.8, 4) is 5.75 Å². The van der Waals surface area contributed by atoms with Gasteiger partial charge in [-0.2, -0.15) is 0 Å². The van der Waals surface area contributed by atoms with E-state index in [1.807, 2.05) is 66.7 Å². The van der Waals surface area contributed by atoms with Gasteiger partial charge in [-0.1, -0.05) is 48.8 Å². The summed E-state index contributed by atoms with van der Waals surface area (Å²) < 4.78 is 5.71. The highest BCUT2D eigenvalue weighted by Crippen LogP contribution is 2.49. The van der Waals surface area contributed by atoms with Crippen molar-refractivity contribution < 1.29 is 9.53 Å². The average molecular weight is 410 g/mol. The normalized spacial score (nSPS) is 12.3. The predicted octanol–water partition coefficient (Wildman–Crippen LogP) is 6.96. The molecule has 1 aliphatic heterocycles. The summed E-state index contributed by atoms with van der Waals surface area (Å²) in [6.07, 6.45) is 2.10. The number of rotatable bonds is 5. The van der Waals surface area contributed by atoms with Gasteiger partial charge in [0.1, 0.15) is 5.75 Å². The van der Waals surface area contributed by atoms with Crippen molar-refractivity contribution in [2.45, 2.75) is 29.6 Å². The molecule has 0 atom stereocenters. The second-order valence-electron chi connectivity index (χ2n) is 6.55. The third-order valence-electron chi connectivity index (χ3n) is 4.56. The van der Waals surface area contributed by atoms with Gasteiger partial charge >= 0.3 is 0 Å². The summed E-state index contributed by atoms with van der Waals surface area (Å²) in [5.41, 5.74) is 2.29. The van der Waals surface area contributed by atoms with E-state index in [1.165, 1.54) is 0 Å². The van der Waals surface area contributed by atoms with Crippen LogP contribution in [0.1, 0.15) is 30.1 Å². The first-order valence-electron chi connectivity index (χ1n) is 9.31. The molecule has 0 aliphatic carbocycles. The molecule has 142 valence electrons. The van der Waals surface area contributed by atoms with Crippen LogP contribution in [0.4, 0.5) is 11.4 Å². The van der Waals surface area contributed by atoms with E-state index in [9.17, 15) is 4.79 Å². The number of hydrogen-bond donors (Lipinski definition) is 0. The number of para-hydroxylation sites is 1. The van der Waals surface area contributed by atoms with Crippen molar-refractivity contribution in [3.05, 3.63) is 77.3 Å². The highest BCUT2D eigenvalue weighted by atomic mass is 35.5. The maximum absolute atomic E-state index is 13.4. The number of anilines is 2. The highest BCUT2D eigenvalue weighted by Gasteiger charge is 2.29. The third kappa shape index (κ3) is 3.75. The summed E-state index contributed by atoms with van der Waals surface area (Å²) in [5, 5.41) is 0.608. The Morgan fingerprint density at radius 3 is 2.54 bits per heavy atom. The number of amides is 1. The number of fused-ring (bicyclic) bond motifs is 2. The fourth-order valence-electron chi connectivity index (χ4n) is 3.10. The van der Waals surface area contributed by atoms with Crippen molar-refractivity contribution in [2.75, 3.05) is 11.5 Å². The molecule has 4 rings (SSSR count). The van der Waals surface area contributed by atoms with Gasteiger partial charge in [-0.25, -0.2) is 0 Å². The average Bonchev–Trinajstić information content (AvgIpc) is 2.72. The monoisotopic (exact) mass is 409 g/mol. The first-order chi connectivity index (χ1) is 13.7. The number of ether oxygens (including phenoxy) is 1. The van der Waals surface area contributed by atoms with E-state index in [2.05, 4.69) is 6.92 Å². The van der Waals surface area contributed by atoms with Crippen LogP contribution in [0.15, 0.2) is 76.5 Å². The Morgan fingerprint density at radius 1 is 1.00 bits per heavy atom. The summed E-state index contributed by atoms with van der Waals surface area (Å²) in [5.74, 6) is 0.694. The number of unbranched alkanes of at least 4 members (excludes halogenated alkanes) is 1. The second-order valence-corrected chi connectivity index (χ2v) is 8.07. The lowest BCUT2D eigenvalue weighted by atomic mass is 10.1. The van der Waals surface area contributed by atoms with E-state index >= 15 is 0 Å². The number of carbonyl (C=O) groups is 1. The van der Waals surface area contributed by atoms with Crippen LogP contribution >= 0.6 is 23.4 Å². The Hall–Kier alpha value is -2.43. The van der Waals surface area contributed by atoms with E-state index in [1.54, 1.807) is 16.7 Å². The van der Waals surface area contributed by atoms with E-state index < -0.39 is 0 Å². The molecular formula is C23H20ClNO2S. The van der Waals surface area contributed by atoms with E-state index in [-0.39, 0.29) is 5.91 Å². The summed E-state index contributed by atoms with van der Waals surface area (Å²) in [7, 11) is 0. The maximum atomic E-state index is 13.4. The molecule has 28 heavy (non-hydrogen) atoms. The van der Waals surface area contributed by atoms with Gasteiger partial charge in [-0.3, -0.25) is 9.69 Å². The van der Waals surface area contributed by atoms with Gasteiger partial charge in [0.2, 0.25) is 0 Å².